The Labute approximate surface area is 154 Å². The molecule has 1 aromatic carbocycles. The predicted molar refractivity (Wildman–Crippen MR) is 95.3 cm³/mol. The SMILES string of the molecule is CC(C)OCCOCCOCCOCCOC(=O)C(=O)c1ccccc1. The van der Waals surface area contributed by atoms with Crippen LogP contribution < -0.4 is 0 Å². The molecule has 0 aromatic heterocycles. The van der Waals surface area contributed by atoms with E-state index in [0.717, 1.165) is 0 Å². The van der Waals surface area contributed by atoms with Crippen LogP contribution in [0.15, 0.2) is 30.3 Å². The maximum absolute atomic E-state index is 11.8. The monoisotopic (exact) mass is 368 g/mol. The van der Waals surface area contributed by atoms with Gasteiger partial charge in [0, 0.05) is 5.56 Å². The van der Waals surface area contributed by atoms with Crippen molar-refractivity contribution in [2.45, 2.75) is 20.0 Å². The average molecular weight is 368 g/mol. The van der Waals surface area contributed by atoms with Gasteiger partial charge in [0.2, 0.25) is 0 Å². The molecule has 0 N–H and O–H groups in total. The Balaban J connectivity index is 1.89. The summed E-state index contributed by atoms with van der Waals surface area (Å²) in [7, 11) is 0. The lowest BCUT2D eigenvalue weighted by Gasteiger charge is -2.09. The Hall–Kier alpha value is -1.80. The van der Waals surface area contributed by atoms with Crippen LogP contribution in [0.5, 0.6) is 0 Å². The minimum Gasteiger partial charge on any atom is -0.457 e. The van der Waals surface area contributed by atoms with Crippen LogP contribution in [-0.4, -0.2) is 70.7 Å². The third-order valence-corrected chi connectivity index (χ3v) is 3.11. The van der Waals surface area contributed by atoms with Crippen molar-refractivity contribution in [3.8, 4) is 0 Å². The molecule has 7 nitrogen and oxygen atoms in total. The van der Waals surface area contributed by atoms with Gasteiger partial charge in [-0.2, -0.15) is 0 Å². The molecule has 7 heteroatoms. The van der Waals surface area contributed by atoms with E-state index in [-0.39, 0.29) is 19.3 Å². The highest BCUT2D eigenvalue weighted by Gasteiger charge is 2.16. The summed E-state index contributed by atoms with van der Waals surface area (Å²) in [4.78, 5) is 23.3. The number of benzene rings is 1. The first-order chi connectivity index (χ1) is 12.6. The third-order valence-electron chi connectivity index (χ3n) is 3.11. The number of ketones is 1. The van der Waals surface area contributed by atoms with E-state index >= 15 is 0 Å². The van der Waals surface area contributed by atoms with E-state index < -0.39 is 11.8 Å². The van der Waals surface area contributed by atoms with E-state index in [9.17, 15) is 9.59 Å². The van der Waals surface area contributed by atoms with Crippen molar-refractivity contribution in [3.63, 3.8) is 0 Å². The Kier molecular flexibility index (Phi) is 12.3. The fourth-order valence-corrected chi connectivity index (χ4v) is 1.85. The molecular weight excluding hydrogens is 340 g/mol. The van der Waals surface area contributed by atoms with E-state index in [0.29, 0.717) is 45.2 Å². The molecule has 0 unspecified atom stereocenters. The van der Waals surface area contributed by atoms with Crippen LogP contribution in [0.25, 0.3) is 0 Å². The molecule has 0 saturated carbocycles. The number of ether oxygens (including phenoxy) is 5. The van der Waals surface area contributed by atoms with Gasteiger partial charge in [-0.15, -0.1) is 0 Å². The fraction of sp³-hybridized carbons (Fsp3) is 0.579. The van der Waals surface area contributed by atoms with Crippen LogP contribution in [0, 0.1) is 0 Å². The lowest BCUT2D eigenvalue weighted by Crippen LogP contribution is -2.20. The van der Waals surface area contributed by atoms with Crippen molar-refractivity contribution in [1.82, 2.24) is 0 Å². The van der Waals surface area contributed by atoms with Gasteiger partial charge in [0.25, 0.3) is 5.78 Å². The molecule has 0 amide bonds. The minimum absolute atomic E-state index is 0.0242. The Bertz CT molecular complexity index is 502. The molecular formula is C19H28O7. The lowest BCUT2D eigenvalue weighted by atomic mass is 10.1. The van der Waals surface area contributed by atoms with Crippen molar-refractivity contribution < 1.29 is 33.3 Å². The number of hydrogen-bond acceptors (Lipinski definition) is 7. The second-order valence-corrected chi connectivity index (χ2v) is 5.59. The molecule has 0 bridgehead atoms. The van der Waals surface area contributed by atoms with Gasteiger partial charge in [-0.1, -0.05) is 30.3 Å². The Morgan fingerprint density at radius 2 is 1.27 bits per heavy atom. The quantitative estimate of drug-likeness (QED) is 0.202. The van der Waals surface area contributed by atoms with E-state index in [1.807, 2.05) is 13.8 Å². The molecule has 146 valence electrons. The van der Waals surface area contributed by atoms with Gasteiger partial charge in [-0.25, -0.2) is 4.79 Å². The molecule has 0 spiro atoms. The molecule has 0 radical (unpaired) electrons. The first-order valence-corrected chi connectivity index (χ1v) is 8.72. The topological polar surface area (TPSA) is 80.3 Å². The summed E-state index contributed by atoms with van der Waals surface area (Å²) in [6, 6.07) is 8.28. The molecule has 0 aliphatic carbocycles. The zero-order valence-electron chi connectivity index (χ0n) is 15.5. The molecule has 0 fully saturated rings. The van der Waals surface area contributed by atoms with Crippen LogP contribution in [0.2, 0.25) is 0 Å². The van der Waals surface area contributed by atoms with Crippen molar-refractivity contribution in [1.29, 1.82) is 0 Å². The predicted octanol–water partition coefficient (Wildman–Crippen LogP) is 1.89. The summed E-state index contributed by atoms with van der Waals surface area (Å²) in [5.41, 5.74) is 0.310. The smallest absolute Gasteiger partial charge is 0.379 e. The van der Waals surface area contributed by atoms with Crippen LogP contribution >= 0.6 is 0 Å². The second-order valence-electron chi connectivity index (χ2n) is 5.59. The largest absolute Gasteiger partial charge is 0.457 e. The first kappa shape index (κ1) is 22.2. The van der Waals surface area contributed by atoms with Crippen molar-refractivity contribution in [3.05, 3.63) is 35.9 Å². The molecule has 1 rings (SSSR count). The normalized spacial score (nSPS) is 10.9. The summed E-state index contributed by atoms with van der Waals surface area (Å²) in [5, 5.41) is 0. The number of rotatable bonds is 15. The van der Waals surface area contributed by atoms with Crippen LogP contribution in [0.3, 0.4) is 0 Å². The number of carbonyl (C=O) groups excluding carboxylic acids is 2. The highest BCUT2D eigenvalue weighted by Crippen LogP contribution is 2.01. The van der Waals surface area contributed by atoms with Crippen LogP contribution in [0.4, 0.5) is 0 Å². The van der Waals surface area contributed by atoms with Gasteiger partial charge in [0.15, 0.2) is 0 Å². The highest BCUT2D eigenvalue weighted by atomic mass is 16.6. The minimum atomic E-state index is -0.880. The van der Waals surface area contributed by atoms with Gasteiger partial charge in [-0.3, -0.25) is 4.79 Å². The molecule has 0 heterocycles. The maximum atomic E-state index is 11.8. The summed E-state index contributed by atoms with van der Waals surface area (Å²) in [6.07, 6.45) is 0.211. The summed E-state index contributed by atoms with van der Waals surface area (Å²) >= 11 is 0. The van der Waals surface area contributed by atoms with Crippen molar-refractivity contribution in [2.24, 2.45) is 0 Å². The number of hydrogen-bond donors (Lipinski definition) is 0. The standard InChI is InChI=1S/C19H28O7/c1-16(2)25-14-12-23-10-8-22-9-11-24-13-15-26-19(21)18(20)17-6-4-3-5-7-17/h3-7,16H,8-15H2,1-2H3. The molecule has 1 aromatic rings. The Morgan fingerprint density at radius 1 is 0.769 bits per heavy atom. The van der Waals surface area contributed by atoms with Gasteiger partial charge in [0.05, 0.1) is 52.4 Å². The molecule has 0 saturated heterocycles. The van der Waals surface area contributed by atoms with Crippen molar-refractivity contribution >= 4 is 11.8 Å². The summed E-state index contributed by atoms with van der Waals surface area (Å²) < 4.78 is 26.1. The zero-order valence-corrected chi connectivity index (χ0v) is 15.5. The molecule has 0 aliphatic rings. The van der Waals surface area contributed by atoms with E-state index in [1.165, 1.54) is 0 Å². The van der Waals surface area contributed by atoms with E-state index in [2.05, 4.69) is 0 Å². The van der Waals surface area contributed by atoms with Gasteiger partial charge in [0.1, 0.15) is 6.61 Å². The summed E-state index contributed by atoms with van der Waals surface area (Å²) in [6.45, 7) is 7.08. The van der Waals surface area contributed by atoms with Crippen LogP contribution in [-0.2, 0) is 28.5 Å². The van der Waals surface area contributed by atoms with Crippen LogP contribution in [0.1, 0.15) is 24.2 Å². The van der Waals surface area contributed by atoms with Crippen molar-refractivity contribution in [2.75, 3.05) is 52.9 Å². The first-order valence-electron chi connectivity index (χ1n) is 8.72. The fourth-order valence-electron chi connectivity index (χ4n) is 1.85. The van der Waals surface area contributed by atoms with Gasteiger partial charge < -0.3 is 23.7 Å². The van der Waals surface area contributed by atoms with Gasteiger partial charge >= 0.3 is 5.97 Å². The number of carbonyl (C=O) groups is 2. The number of Topliss-reactive ketones (excluding diaryl/α,β-unsaturated/α-hetero) is 1. The van der Waals surface area contributed by atoms with Gasteiger partial charge in [-0.05, 0) is 13.8 Å². The molecule has 0 atom stereocenters. The number of esters is 1. The molecule has 26 heavy (non-hydrogen) atoms. The zero-order chi connectivity index (χ0) is 19.0. The molecule has 0 aliphatic heterocycles. The second kappa shape index (κ2) is 14.4. The third kappa shape index (κ3) is 10.9. The van der Waals surface area contributed by atoms with E-state index in [1.54, 1.807) is 30.3 Å². The average Bonchev–Trinajstić information content (AvgIpc) is 2.65. The van der Waals surface area contributed by atoms with E-state index in [4.69, 9.17) is 23.7 Å². The maximum Gasteiger partial charge on any atom is 0.379 e. The Morgan fingerprint density at radius 3 is 1.81 bits per heavy atom. The summed E-state index contributed by atoms with van der Waals surface area (Å²) in [5.74, 6) is -1.54. The lowest BCUT2D eigenvalue weighted by molar-refractivity contribution is -0.139. The highest BCUT2D eigenvalue weighted by molar-refractivity contribution is 6.40.